The maximum absolute atomic E-state index is 10.8. The Balaban J connectivity index is 2.87. The monoisotopic (exact) mass is 194 g/mol. The number of benzene rings is 1. The Morgan fingerprint density at radius 2 is 2.14 bits per heavy atom. The first-order chi connectivity index (χ1) is 6.52. The summed E-state index contributed by atoms with van der Waals surface area (Å²) in [6, 6.07) is 5.40. The minimum atomic E-state index is -0.668. The van der Waals surface area contributed by atoms with E-state index in [4.69, 9.17) is 16.2 Å². The van der Waals surface area contributed by atoms with Crippen LogP contribution in [0.1, 0.15) is 12.5 Å². The highest BCUT2D eigenvalue weighted by Crippen LogP contribution is 2.25. The molecule has 1 aromatic carbocycles. The molecular weight excluding hydrogens is 180 g/mol. The Labute approximate surface area is 82.8 Å². The van der Waals surface area contributed by atoms with Crippen LogP contribution in [0.25, 0.3) is 0 Å². The van der Waals surface area contributed by atoms with E-state index in [0.717, 1.165) is 5.56 Å². The number of ether oxygens (including phenoxy) is 1. The van der Waals surface area contributed by atoms with Crippen molar-refractivity contribution in [1.29, 1.82) is 0 Å². The summed E-state index contributed by atoms with van der Waals surface area (Å²) in [7, 11) is 0. The van der Waals surface area contributed by atoms with Crippen molar-refractivity contribution in [2.75, 3.05) is 5.73 Å². The first-order valence-corrected chi connectivity index (χ1v) is 4.33. The van der Waals surface area contributed by atoms with Gasteiger partial charge in [-0.15, -0.1) is 0 Å². The number of rotatable bonds is 3. The molecule has 1 amide bonds. The van der Waals surface area contributed by atoms with Crippen LogP contribution in [-0.4, -0.2) is 12.0 Å². The summed E-state index contributed by atoms with van der Waals surface area (Å²) in [6.45, 7) is 3.46. The van der Waals surface area contributed by atoms with Crippen LogP contribution in [0, 0.1) is 6.92 Å². The van der Waals surface area contributed by atoms with Gasteiger partial charge in [0, 0.05) is 0 Å². The van der Waals surface area contributed by atoms with Gasteiger partial charge in [0.2, 0.25) is 0 Å². The second-order valence-electron chi connectivity index (χ2n) is 3.15. The Bertz CT molecular complexity index is 350. The maximum Gasteiger partial charge on any atom is 0.258 e. The molecule has 0 bridgehead atoms. The van der Waals surface area contributed by atoms with E-state index < -0.39 is 12.0 Å². The number of carbonyl (C=O) groups excluding carboxylic acids is 1. The van der Waals surface area contributed by atoms with Gasteiger partial charge in [-0.3, -0.25) is 4.79 Å². The molecule has 4 N–H and O–H groups in total. The highest BCUT2D eigenvalue weighted by atomic mass is 16.5. The van der Waals surface area contributed by atoms with E-state index in [9.17, 15) is 4.79 Å². The number of primary amides is 1. The highest BCUT2D eigenvalue weighted by molar-refractivity contribution is 5.79. The molecule has 0 spiro atoms. The van der Waals surface area contributed by atoms with Crippen molar-refractivity contribution < 1.29 is 9.53 Å². The molecule has 0 heterocycles. The Hall–Kier alpha value is -1.71. The van der Waals surface area contributed by atoms with Crippen molar-refractivity contribution in [3.8, 4) is 5.75 Å². The number of aryl methyl sites for hydroxylation is 1. The van der Waals surface area contributed by atoms with Crippen molar-refractivity contribution >= 4 is 11.6 Å². The molecular formula is C10H14N2O2. The normalized spacial score (nSPS) is 12.1. The van der Waals surface area contributed by atoms with Crippen molar-refractivity contribution in [1.82, 2.24) is 0 Å². The van der Waals surface area contributed by atoms with Gasteiger partial charge < -0.3 is 16.2 Å². The van der Waals surface area contributed by atoms with Crippen LogP contribution in [0.4, 0.5) is 5.69 Å². The van der Waals surface area contributed by atoms with Gasteiger partial charge >= 0.3 is 0 Å². The molecule has 0 radical (unpaired) electrons. The van der Waals surface area contributed by atoms with Crippen molar-refractivity contribution in [2.24, 2.45) is 5.73 Å². The fourth-order valence-electron chi connectivity index (χ4n) is 1.01. The molecule has 1 aromatic rings. The molecule has 1 atom stereocenters. The summed E-state index contributed by atoms with van der Waals surface area (Å²) in [5, 5.41) is 0. The Kier molecular flexibility index (Phi) is 2.96. The zero-order valence-corrected chi connectivity index (χ0v) is 8.28. The van der Waals surface area contributed by atoms with Crippen LogP contribution in [0.3, 0.4) is 0 Å². The molecule has 0 fully saturated rings. The third kappa shape index (κ3) is 2.16. The van der Waals surface area contributed by atoms with E-state index in [1.54, 1.807) is 13.0 Å². The number of amides is 1. The topological polar surface area (TPSA) is 78.3 Å². The molecule has 4 nitrogen and oxygen atoms in total. The van der Waals surface area contributed by atoms with Crippen LogP contribution in [0.15, 0.2) is 18.2 Å². The fourth-order valence-corrected chi connectivity index (χ4v) is 1.01. The van der Waals surface area contributed by atoms with Gasteiger partial charge in [0.25, 0.3) is 5.91 Å². The standard InChI is InChI=1S/C10H14N2O2/c1-6-4-3-5-8(9(6)11)14-7(2)10(12)13/h3-5,7H,11H2,1-2H3,(H2,12,13). The smallest absolute Gasteiger partial charge is 0.258 e. The summed E-state index contributed by atoms with van der Waals surface area (Å²) in [6.07, 6.45) is -0.668. The number of carbonyl (C=O) groups is 1. The van der Waals surface area contributed by atoms with Crippen LogP contribution in [-0.2, 0) is 4.79 Å². The number of nitrogens with two attached hydrogens (primary N) is 2. The van der Waals surface area contributed by atoms with Gasteiger partial charge in [-0.05, 0) is 25.5 Å². The van der Waals surface area contributed by atoms with Gasteiger partial charge in [-0.2, -0.15) is 0 Å². The molecule has 4 heteroatoms. The Morgan fingerprint density at radius 1 is 1.50 bits per heavy atom. The third-order valence-corrected chi connectivity index (χ3v) is 1.99. The molecule has 1 rings (SSSR count). The second kappa shape index (κ2) is 4.00. The van der Waals surface area contributed by atoms with E-state index >= 15 is 0 Å². The third-order valence-electron chi connectivity index (χ3n) is 1.99. The van der Waals surface area contributed by atoms with Gasteiger partial charge in [0.05, 0.1) is 5.69 Å². The molecule has 14 heavy (non-hydrogen) atoms. The van der Waals surface area contributed by atoms with Crippen molar-refractivity contribution in [3.05, 3.63) is 23.8 Å². The van der Waals surface area contributed by atoms with E-state index in [0.29, 0.717) is 11.4 Å². The van der Waals surface area contributed by atoms with E-state index in [-0.39, 0.29) is 0 Å². The zero-order valence-electron chi connectivity index (χ0n) is 8.28. The molecule has 0 saturated carbocycles. The van der Waals surface area contributed by atoms with Gasteiger partial charge in [-0.1, -0.05) is 12.1 Å². The molecule has 0 aromatic heterocycles. The summed E-state index contributed by atoms with van der Waals surface area (Å²) in [5.41, 5.74) is 12.3. The van der Waals surface area contributed by atoms with E-state index in [1.807, 2.05) is 19.1 Å². The average Bonchev–Trinajstić information content (AvgIpc) is 2.12. The van der Waals surface area contributed by atoms with Crippen LogP contribution >= 0.6 is 0 Å². The second-order valence-corrected chi connectivity index (χ2v) is 3.15. The Morgan fingerprint density at radius 3 is 2.71 bits per heavy atom. The number of hydrogen-bond donors (Lipinski definition) is 2. The van der Waals surface area contributed by atoms with Crippen molar-refractivity contribution in [2.45, 2.75) is 20.0 Å². The van der Waals surface area contributed by atoms with E-state index in [2.05, 4.69) is 0 Å². The minimum Gasteiger partial charge on any atom is -0.479 e. The lowest BCUT2D eigenvalue weighted by Gasteiger charge is -2.13. The summed E-state index contributed by atoms with van der Waals surface area (Å²) < 4.78 is 5.29. The molecule has 0 saturated heterocycles. The number of nitrogen functional groups attached to an aromatic ring is 1. The predicted molar refractivity (Wildman–Crippen MR) is 54.9 cm³/mol. The summed E-state index contributed by atoms with van der Waals surface area (Å²) in [4.78, 5) is 10.8. The average molecular weight is 194 g/mol. The SMILES string of the molecule is Cc1cccc(OC(C)C(N)=O)c1N. The zero-order chi connectivity index (χ0) is 10.7. The fraction of sp³-hybridized carbons (Fsp3) is 0.300. The van der Waals surface area contributed by atoms with Gasteiger partial charge in [0.1, 0.15) is 5.75 Å². The molecule has 0 aliphatic carbocycles. The first kappa shape index (κ1) is 10.4. The predicted octanol–water partition coefficient (Wildman–Crippen LogP) is 0.830. The first-order valence-electron chi connectivity index (χ1n) is 4.33. The lowest BCUT2D eigenvalue weighted by molar-refractivity contribution is -0.123. The summed E-state index contributed by atoms with van der Waals surface area (Å²) in [5.74, 6) is -0.0118. The quantitative estimate of drug-likeness (QED) is 0.699. The molecule has 76 valence electrons. The van der Waals surface area contributed by atoms with Crippen LogP contribution < -0.4 is 16.2 Å². The lowest BCUT2D eigenvalue weighted by atomic mass is 10.2. The molecule has 0 aliphatic rings. The van der Waals surface area contributed by atoms with E-state index in [1.165, 1.54) is 0 Å². The van der Waals surface area contributed by atoms with Gasteiger partial charge in [-0.25, -0.2) is 0 Å². The molecule has 1 unspecified atom stereocenters. The van der Waals surface area contributed by atoms with Crippen LogP contribution in [0.5, 0.6) is 5.75 Å². The van der Waals surface area contributed by atoms with Crippen LogP contribution in [0.2, 0.25) is 0 Å². The molecule has 0 aliphatic heterocycles. The number of hydrogen-bond acceptors (Lipinski definition) is 3. The van der Waals surface area contributed by atoms with Crippen molar-refractivity contribution in [3.63, 3.8) is 0 Å². The maximum atomic E-state index is 10.8. The number of para-hydroxylation sites is 1. The largest absolute Gasteiger partial charge is 0.479 e. The minimum absolute atomic E-state index is 0.497. The summed E-state index contributed by atoms with van der Waals surface area (Å²) >= 11 is 0. The lowest BCUT2D eigenvalue weighted by Crippen LogP contribution is -2.30. The number of anilines is 1. The van der Waals surface area contributed by atoms with Gasteiger partial charge in [0.15, 0.2) is 6.10 Å². The highest BCUT2D eigenvalue weighted by Gasteiger charge is 2.12.